The van der Waals surface area contributed by atoms with E-state index in [1.54, 1.807) is 0 Å². The first-order chi connectivity index (χ1) is 7.52. The van der Waals surface area contributed by atoms with E-state index < -0.39 is 0 Å². The third kappa shape index (κ3) is 3.86. The van der Waals surface area contributed by atoms with Crippen molar-refractivity contribution >= 4 is 5.69 Å². The third-order valence-corrected chi connectivity index (χ3v) is 2.82. The molecule has 1 unspecified atom stereocenters. The monoisotopic (exact) mass is 220 g/mol. The van der Waals surface area contributed by atoms with Gasteiger partial charge >= 0.3 is 0 Å². The number of nitrogens with zero attached hydrogens (tertiary/aromatic N) is 1. The molecule has 2 heteroatoms. The van der Waals surface area contributed by atoms with E-state index in [2.05, 4.69) is 63.3 Å². The topological polar surface area (TPSA) is 15.3 Å². The van der Waals surface area contributed by atoms with Crippen molar-refractivity contribution in [3.8, 4) is 0 Å². The highest BCUT2D eigenvalue weighted by Crippen LogP contribution is 2.19. The van der Waals surface area contributed by atoms with Gasteiger partial charge in [-0.1, -0.05) is 19.1 Å². The van der Waals surface area contributed by atoms with Gasteiger partial charge in [0.2, 0.25) is 0 Å². The van der Waals surface area contributed by atoms with Crippen molar-refractivity contribution in [1.29, 1.82) is 0 Å². The fraction of sp³-hybridized carbons (Fsp3) is 0.571. The van der Waals surface area contributed by atoms with Crippen molar-refractivity contribution in [2.45, 2.75) is 39.8 Å². The van der Waals surface area contributed by atoms with Crippen molar-refractivity contribution in [2.75, 3.05) is 19.4 Å². The largest absolute Gasteiger partial charge is 0.382 e. The summed E-state index contributed by atoms with van der Waals surface area (Å²) >= 11 is 0. The lowest BCUT2D eigenvalue weighted by molar-refractivity contribution is 0.402. The van der Waals surface area contributed by atoms with Gasteiger partial charge in [-0.3, -0.25) is 0 Å². The van der Waals surface area contributed by atoms with Gasteiger partial charge in [0, 0.05) is 18.3 Å². The lowest BCUT2D eigenvalue weighted by Gasteiger charge is -2.17. The highest BCUT2D eigenvalue weighted by molar-refractivity contribution is 5.53. The van der Waals surface area contributed by atoms with Gasteiger partial charge in [-0.05, 0) is 51.6 Å². The zero-order chi connectivity index (χ0) is 12.1. The Balaban J connectivity index is 2.81. The molecule has 0 aliphatic carbocycles. The molecule has 2 nitrogen and oxygen atoms in total. The van der Waals surface area contributed by atoms with Gasteiger partial charge in [0.15, 0.2) is 0 Å². The smallest absolute Gasteiger partial charge is 0.0375 e. The second kappa shape index (κ2) is 5.90. The predicted octanol–water partition coefficient (Wildman–Crippen LogP) is 3.27. The molecule has 0 spiro atoms. The van der Waals surface area contributed by atoms with Crippen LogP contribution in [0.3, 0.4) is 0 Å². The maximum atomic E-state index is 3.55. The lowest BCUT2D eigenvalue weighted by Crippen LogP contribution is -2.15. The number of hydrogen-bond donors (Lipinski definition) is 1. The normalized spacial score (nSPS) is 12.9. The van der Waals surface area contributed by atoms with E-state index in [0.29, 0.717) is 6.04 Å². The maximum absolute atomic E-state index is 3.55. The van der Waals surface area contributed by atoms with E-state index in [-0.39, 0.29) is 0 Å². The van der Waals surface area contributed by atoms with Crippen LogP contribution in [-0.2, 0) is 6.54 Å². The molecular formula is C14H24N2. The average Bonchev–Trinajstić information content (AvgIpc) is 2.22. The van der Waals surface area contributed by atoms with E-state index in [4.69, 9.17) is 0 Å². The van der Waals surface area contributed by atoms with Crippen LogP contribution >= 0.6 is 0 Å². The highest BCUT2D eigenvalue weighted by Gasteiger charge is 2.04. The fourth-order valence-electron chi connectivity index (χ4n) is 1.66. The van der Waals surface area contributed by atoms with Crippen LogP contribution in [-0.4, -0.2) is 25.0 Å². The summed E-state index contributed by atoms with van der Waals surface area (Å²) in [5.74, 6) is 0. The fourth-order valence-corrected chi connectivity index (χ4v) is 1.66. The molecule has 1 rings (SSSR count). The van der Waals surface area contributed by atoms with Gasteiger partial charge in [-0.15, -0.1) is 0 Å². The minimum absolute atomic E-state index is 0.535. The molecule has 0 saturated carbocycles. The Hall–Kier alpha value is -1.02. The van der Waals surface area contributed by atoms with Gasteiger partial charge < -0.3 is 10.2 Å². The molecule has 16 heavy (non-hydrogen) atoms. The number of anilines is 1. The third-order valence-electron chi connectivity index (χ3n) is 2.82. The molecule has 1 aromatic rings. The number of benzene rings is 1. The average molecular weight is 220 g/mol. The molecule has 0 aliphatic heterocycles. The summed E-state index contributed by atoms with van der Waals surface area (Å²) < 4.78 is 0. The molecule has 1 N–H and O–H groups in total. The van der Waals surface area contributed by atoms with Crippen LogP contribution in [0, 0.1) is 6.92 Å². The summed E-state index contributed by atoms with van der Waals surface area (Å²) in [6.07, 6.45) is 1.15. The van der Waals surface area contributed by atoms with Crippen LogP contribution < -0.4 is 5.32 Å². The van der Waals surface area contributed by atoms with E-state index >= 15 is 0 Å². The molecule has 0 bridgehead atoms. The number of nitrogens with one attached hydrogen (secondary N) is 1. The predicted molar refractivity (Wildman–Crippen MR) is 71.9 cm³/mol. The molecule has 0 aliphatic rings. The molecule has 0 saturated heterocycles. The molecule has 0 heterocycles. The zero-order valence-electron chi connectivity index (χ0n) is 11.2. The van der Waals surface area contributed by atoms with Crippen molar-refractivity contribution in [3.05, 3.63) is 29.3 Å². The van der Waals surface area contributed by atoms with Crippen LogP contribution in [0.5, 0.6) is 0 Å². The molecular weight excluding hydrogens is 196 g/mol. The maximum Gasteiger partial charge on any atom is 0.0375 e. The van der Waals surface area contributed by atoms with E-state index in [1.165, 1.54) is 16.8 Å². The van der Waals surface area contributed by atoms with Gasteiger partial charge in [-0.2, -0.15) is 0 Å². The summed E-state index contributed by atoms with van der Waals surface area (Å²) in [5.41, 5.74) is 3.96. The lowest BCUT2D eigenvalue weighted by atomic mass is 10.1. The van der Waals surface area contributed by atoms with Crippen molar-refractivity contribution in [3.63, 3.8) is 0 Å². The summed E-state index contributed by atoms with van der Waals surface area (Å²) in [6, 6.07) is 7.20. The molecule has 90 valence electrons. The van der Waals surface area contributed by atoms with Crippen LogP contribution in [0.25, 0.3) is 0 Å². The number of aryl methyl sites for hydroxylation is 1. The van der Waals surface area contributed by atoms with Crippen LogP contribution in [0.4, 0.5) is 5.69 Å². The minimum atomic E-state index is 0.535. The van der Waals surface area contributed by atoms with Crippen LogP contribution in [0.2, 0.25) is 0 Å². The summed E-state index contributed by atoms with van der Waals surface area (Å²) in [7, 11) is 4.20. The molecule has 0 fully saturated rings. The summed E-state index contributed by atoms with van der Waals surface area (Å²) in [5, 5.41) is 3.55. The quantitative estimate of drug-likeness (QED) is 0.819. The van der Waals surface area contributed by atoms with Crippen molar-refractivity contribution < 1.29 is 0 Å². The molecule has 1 atom stereocenters. The van der Waals surface area contributed by atoms with Crippen LogP contribution in [0.1, 0.15) is 31.4 Å². The molecule has 0 aromatic heterocycles. The Bertz CT molecular complexity index is 332. The first kappa shape index (κ1) is 13.0. The second-order valence-electron chi connectivity index (χ2n) is 4.84. The SMILES string of the molecule is CCC(C)Nc1cc(CN(C)C)ccc1C. The Morgan fingerprint density at radius 1 is 1.31 bits per heavy atom. The van der Waals surface area contributed by atoms with E-state index in [1.807, 2.05) is 0 Å². The van der Waals surface area contributed by atoms with Gasteiger partial charge in [0.05, 0.1) is 0 Å². The van der Waals surface area contributed by atoms with Gasteiger partial charge in [0.1, 0.15) is 0 Å². The van der Waals surface area contributed by atoms with E-state index in [9.17, 15) is 0 Å². The van der Waals surface area contributed by atoms with Crippen LogP contribution in [0.15, 0.2) is 18.2 Å². The van der Waals surface area contributed by atoms with Gasteiger partial charge in [-0.25, -0.2) is 0 Å². The Kier molecular flexibility index (Phi) is 4.81. The highest BCUT2D eigenvalue weighted by atomic mass is 15.0. The Morgan fingerprint density at radius 3 is 2.56 bits per heavy atom. The standard InChI is InChI=1S/C14H24N2/c1-6-12(3)15-14-9-13(10-16(4)5)8-7-11(14)2/h7-9,12,15H,6,10H2,1-5H3. The zero-order valence-corrected chi connectivity index (χ0v) is 11.2. The minimum Gasteiger partial charge on any atom is -0.382 e. The molecule has 1 aromatic carbocycles. The number of hydrogen-bond acceptors (Lipinski definition) is 2. The summed E-state index contributed by atoms with van der Waals surface area (Å²) in [6.45, 7) is 7.58. The Labute approximate surface area is 99.7 Å². The second-order valence-corrected chi connectivity index (χ2v) is 4.84. The summed E-state index contributed by atoms with van der Waals surface area (Å²) in [4.78, 5) is 2.19. The van der Waals surface area contributed by atoms with E-state index in [0.717, 1.165) is 13.0 Å². The van der Waals surface area contributed by atoms with Gasteiger partial charge in [0.25, 0.3) is 0 Å². The molecule has 0 radical (unpaired) electrons. The first-order valence-corrected chi connectivity index (χ1v) is 6.03. The van der Waals surface area contributed by atoms with Crippen molar-refractivity contribution in [1.82, 2.24) is 4.90 Å². The Morgan fingerprint density at radius 2 is 2.00 bits per heavy atom. The molecule has 0 amide bonds. The number of rotatable bonds is 5. The van der Waals surface area contributed by atoms with Crippen molar-refractivity contribution in [2.24, 2.45) is 0 Å². The first-order valence-electron chi connectivity index (χ1n) is 6.03.